The molecule has 0 spiro atoms. The Labute approximate surface area is 70.9 Å². The Morgan fingerprint density at radius 3 is 3.09 bits per heavy atom. The van der Waals surface area contributed by atoms with Crippen molar-refractivity contribution in [1.82, 2.24) is 0 Å². The summed E-state index contributed by atoms with van der Waals surface area (Å²) >= 11 is 0. The van der Waals surface area contributed by atoms with Gasteiger partial charge < -0.3 is 9.53 Å². The molecule has 0 aliphatic carbocycles. The molecule has 1 fully saturated rings. The Morgan fingerprint density at radius 1 is 1.73 bits per heavy atom. The Morgan fingerprint density at radius 2 is 2.55 bits per heavy atom. The Bertz CT molecular complexity index is 102. The summed E-state index contributed by atoms with van der Waals surface area (Å²) in [5.74, 6) is 0. The zero-order valence-corrected chi connectivity index (χ0v) is 8.05. The fourth-order valence-corrected chi connectivity index (χ4v) is 2.19. The lowest BCUT2D eigenvalue weighted by Crippen LogP contribution is -2.25. The summed E-state index contributed by atoms with van der Waals surface area (Å²) in [6, 6.07) is 1.22. The molecular formula is C8H16O2Si. The van der Waals surface area contributed by atoms with Crippen LogP contribution in [0.15, 0.2) is 0 Å². The lowest BCUT2D eigenvalue weighted by molar-refractivity contribution is 0.0830. The van der Waals surface area contributed by atoms with Crippen LogP contribution in [0.4, 0.5) is 0 Å². The summed E-state index contributed by atoms with van der Waals surface area (Å²) in [4.78, 5) is 0. The highest BCUT2D eigenvalue weighted by molar-refractivity contribution is 6.27. The van der Waals surface area contributed by atoms with Crippen molar-refractivity contribution in [3.05, 3.63) is 0 Å². The van der Waals surface area contributed by atoms with Gasteiger partial charge in [-0.15, -0.1) is 0 Å². The molecule has 2 unspecified atom stereocenters. The van der Waals surface area contributed by atoms with E-state index in [1.54, 1.807) is 0 Å². The van der Waals surface area contributed by atoms with Crippen molar-refractivity contribution < 1.29 is 9.53 Å². The summed E-state index contributed by atoms with van der Waals surface area (Å²) in [7, 11) is 0.672. The molecule has 1 aliphatic heterocycles. The molecule has 64 valence electrons. The molecule has 1 rings (SSSR count). The van der Waals surface area contributed by atoms with Gasteiger partial charge in [0, 0.05) is 6.10 Å². The molecule has 2 nitrogen and oxygen atoms in total. The van der Waals surface area contributed by atoms with Gasteiger partial charge in [0.15, 0.2) is 0 Å². The van der Waals surface area contributed by atoms with Crippen LogP contribution in [-0.2, 0) is 4.43 Å². The fraction of sp³-hybridized carbons (Fsp3) is 1.00. The smallest absolute Gasteiger partial charge is 0.230 e. The largest absolute Gasteiger partial charge is 0.414 e. The predicted molar refractivity (Wildman–Crippen MR) is 45.6 cm³/mol. The Kier molecular flexibility index (Phi) is 4.11. The van der Waals surface area contributed by atoms with Crippen LogP contribution in [0, 0.1) is 0 Å². The lowest BCUT2D eigenvalue weighted by Gasteiger charge is -2.23. The third-order valence-corrected chi connectivity index (χ3v) is 3.12. The van der Waals surface area contributed by atoms with Crippen molar-refractivity contribution in [2.24, 2.45) is 0 Å². The van der Waals surface area contributed by atoms with Crippen LogP contribution in [0.5, 0.6) is 0 Å². The molecule has 0 aromatic carbocycles. The molecule has 11 heavy (non-hydrogen) atoms. The van der Waals surface area contributed by atoms with Gasteiger partial charge in [-0.05, 0) is 25.3 Å². The van der Waals surface area contributed by atoms with Gasteiger partial charge in [-0.3, -0.25) is 0 Å². The summed E-state index contributed by atoms with van der Waals surface area (Å²) in [5, 5.41) is 9.33. The van der Waals surface area contributed by atoms with Gasteiger partial charge in [-0.25, -0.2) is 0 Å². The minimum absolute atomic E-state index is 0.150. The van der Waals surface area contributed by atoms with E-state index in [0.717, 1.165) is 19.3 Å². The number of hydrogen-bond donors (Lipinski definition) is 1. The van der Waals surface area contributed by atoms with E-state index >= 15 is 0 Å². The van der Waals surface area contributed by atoms with E-state index in [9.17, 15) is 5.11 Å². The summed E-state index contributed by atoms with van der Waals surface area (Å²) < 4.78 is 5.52. The van der Waals surface area contributed by atoms with Gasteiger partial charge in [0.05, 0.1) is 6.10 Å². The second-order valence-electron chi connectivity index (χ2n) is 3.07. The third kappa shape index (κ3) is 3.36. The quantitative estimate of drug-likeness (QED) is 0.651. The van der Waals surface area contributed by atoms with Gasteiger partial charge in [-0.1, -0.05) is 13.3 Å². The number of aliphatic hydroxyl groups excluding tert-OH is 1. The van der Waals surface area contributed by atoms with Crippen molar-refractivity contribution in [3.63, 3.8) is 0 Å². The minimum atomic E-state index is -0.150. The molecule has 1 aliphatic rings. The standard InChI is InChI=1S/C8H16O2Si/c1-2-7(9)6-8-4-3-5-11-10-8/h7-9H,2-6H2,1H3. The summed E-state index contributed by atoms with van der Waals surface area (Å²) in [5.41, 5.74) is 0. The maximum Gasteiger partial charge on any atom is 0.230 e. The van der Waals surface area contributed by atoms with Crippen molar-refractivity contribution in [2.75, 3.05) is 0 Å². The molecule has 1 heterocycles. The molecule has 3 heteroatoms. The van der Waals surface area contributed by atoms with Crippen LogP contribution >= 0.6 is 0 Å². The number of rotatable bonds is 3. The van der Waals surface area contributed by atoms with E-state index in [-0.39, 0.29) is 6.10 Å². The van der Waals surface area contributed by atoms with E-state index < -0.39 is 0 Å². The molecule has 0 aromatic rings. The van der Waals surface area contributed by atoms with Crippen LogP contribution in [0.2, 0.25) is 6.04 Å². The predicted octanol–water partition coefficient (Wildman–Crippen LogP) is 1.36. The molecule has 0 saturated carbocycles. The maximum atomic E-state index is 9.33. The van der Waals surface area contributed by atoms with Crippen molar-refractivity contribution >= 4 is 9.76 Å². The van der Waals surface area contributed by atoms with Crippen LogP contribution in [0.1, 0.15) is 32.6 Å². The van der Waals surface area contributed by atoms with Gasteiger partial charge in [-0.2, -0.15) is 0 Å². The topological polar surface area (TPSA) is 29.5 Å². The highest BCUT2D eigenvalue weighted by Crippen LogP contribution is 2.17. The first-order valence-corrected chi connectivity index (χ1v) is 5.51. The van der Waals surface area contributed by atoms with Gasteiger partial charge in [0.25, 0.3) is 0 Å². The lowest BCUT2D eigenvalue weighted by atomic mass is 10.1. The monoisotopic (exact) mass is 172 g/mol. The van der Waals surface area contributed by atoms with E-state index in [0.29, 0.717) is 15.9 Å². The maximum absolute atomic E-state index is 9.33. The minimum Gasteiger partial charge on any atom is -0.414 e. The van der Waals surface area contributed by atoms with E-state index in [2.05, 4.69) is 0 Å². The molecule has 0 bridgehead atoms. The van der Waals surface area contributed by atoms with Crippen LogP contribution < -0.4 is 0 Å². The highest BCUT2D eigenvalue weighted by atomic mass is 28.2. The first-order chi connectivity index (χ1) is 5.33. The Balaban J connectivity index is 2.13. The van der Waals surface area contributed by atoms with E-state index in [1.165, 1.54) is 12.5 Å². The molecule has 0 aromatic heterocycles. The second kappa shape index (κ2) is 4.90. The Hall–Kier alpha value is 0.137. The molecule has 1 N–H and O–H groups in total. The molecular weight excluding hydrogens is 156 g/mol. The molecule has 1 saturated heterocycles. The summed E-state index contributed by atoms with van der Waals surface area (Å²) in [6.07, 6.45) is 4.30. The normalized spacial score (nSPS) is 28.4. The van der Waals surface area contributed by atoms with Gasteiger partial charge in [0.2, 0.25) is 9.76 Å². The molecule has 0 amide bonds. The third-order valence-electron chi connectivity index (χ3n) is 2.06. The van der Waals surface area contributed by atoms with Crippen molar-refractivity contribution in [1.29, 1.82) is 0 Å². The number of aliphatic hydroxyl groups is 1. The molecule has 2 radical (unpaired) electrons. The zero-order valence-electron chi connectivity index (χ0n) is 7.05. The van der Waals surface area contributed by atoms with Gasteiger partial charge >= 0.3 is 0 Å². The highest BCUT2D eigenvalue weighted by Gasteiger charge is 2.17. The summed E-state index contributed by atoms with van der Waals surface area (Å²) in [6.45, 7) is 2.01. The van der Waals surface area contributed by atoms with Crippen LogP contribution in [0.3, 0.4) is 0 Å². The average molecular weight is 172 g/mol. The van der Waals surface area contributed by atoms with E-state index in [1.807, 2.05) is 6.92 Å². The second-order valence-corrected chi connectivity index (χ2v) is 4.10. The van der Waals surface area contributed by atoms with Crippen molar-refractivity contribution in [2.45, 2.75) is 50.9 Å². The van der Waals surface area contributed by atoms with Crippen LogP contribution in [-0.4, -0.2) is 27.1 Å². The van der Waals surface area contributed by atoms with E-state index in [4.69, 9.17) is 4.43 Å². The van der Waals surface area contributed by atoms with Crippen molar-refractivity contribution in [3.8, 4) is 0 Å². The fourth-order valence-electron chi connectivity index (χ4n) is 1.27. The molecule has 2 atom stereocenters. The first kappa shape index (κ1) is 9.23. The average Bonchev–Trinajstić information content (AvgIpc) is 2.06. The van der Waals surface area contributed by atoms with Crippen LogP contribution in [0.25, 0.3) is 0 Å². The van der Waals surface area contributed by atoms with Gasteiger partial charge in [0.1, 0.15) is 0 Å². The SMILES string of the molecule is CCC(O)CC1CCC[Si]O1. The number of hydrogen-bond acceptors (Lipinski definition) is 2. The zero-order chi connectivity index (χ0) is 8.10. The first-order valence-electron chi connectivity index (χ1n) is 4.39.